The van der Waals surface area contributed by atoms with Crippen LogP contribution >= 0.6 is 0 Å². The van der Waals surface area contributed by atoms with E-state index in [4.69, 9.17) is 0 Å². The van der Waals surface area contributed by atoms with E-state index in [1.165, 1.54) is 11.1 Å². The fourth-order valence-electron chi connectivity index (χ4n) is 1.37. The molecule has 0 radical (unpaired) electrons. The predicted octanol–water partition coefficient (Wildman–Crippen LogP) is 2.91. The van der Waals surface area contributed by atoms with Crippen LogP contribution in [0.3, 0.4) is 0 Å². The van der Waals surface area contributed by atoms with Crippen molar-refractivity contribution in [2.75, 3.05) is 0 Å². The third-order valence-electron chi connectivity index (χ3n) is 2.35. The van der Waals surface area contributed by atoms with Crippen LogP contribution in [-0.2, 0) is 4.79 Å². The van der Waals surface area contributed by atoms with Gasteiger partial charge in [-0.15, -0.1) is 0 Å². The molecule has 0 bridgehead atoms. The second-order valence-electron chi connectivity index (χ2n) is 3.23. The van der Waals surface area contributed by atoms with Crippen LogP contribution in [0.1, 0.15) is 23.6 Å². The molecule has 0 N–H and O–H groups in total. The summed E-state index contributed by atoms with van der Waals surface area (Å²) in [6.45, 7) is 6.11. The van der Waals surface area contributed by atoms with Crippen LogP contribution in [0.15, 0.2) is 24.3 Å². The summed E-state index contributed by atoms with van der Waals surface area (Å²) in [7, 11) is 0. The van der Waals surface area contributed by atoms with Gasteiger partial charge in [0.1, 0.15) is 6.29 Å². The zero-order valence-corrected chi connectivity index (χ0v) is 8.29. The Hall–Kier alpha value is -1.37. The molecule has 0 aliphatic heterocycles. The quantitative estimate of drug-likeness (QED) is 0.497. The highest BCUT2D eigenvalue weighted by Gasteiger charge is 2.01. The van der Waals surface area contributed by atoms with E-state index in [0.29, 0.717) is 0 Å². The van der Waals surface area contributed by atoms with Crippen molar-refractivity contribution in [2.24, 2.45) is 0 Å². The van der Waals surface area contributed by atoms with Gasteiger partial charge in [-0.2, -0.15) is 0 Å². The lowest BCUT2D eigenvalue weighted by Gasteiger charge is -2.07. The van der Waals surface area contributed by atoms with Crippen LogP contribution in [0.5, 0.6) is 0 Å². The lowest BCUT2D eigenvalue weighted by molar-refractivity contribution is -0.104. The first-order valence-electron chi connectivity index (χ1n) is 4.35. The summed E-state index contributed by atoms with van der Waals surface area (Å²) in [5, 5.41) is 0. The van der Waals surface area contributed by atoms with Crippen molar-refractivity contribution in [3.63, 3.8) is 0 Å². The average Bonchev–Trinajstić information content (AvgIpc) is 2.10. The number of hydrogen-bond donors (Lipinski definition) is 0. The first-order chi connectivity index (χ1) is 6.16. The maximum absolute atomic E-state index is 10.3. The Bertz CT molecular complexity index is 348. The second-order valence-corrected chi connectivity index (χ2v) is 3.23. The van der Waals surface area contributed by atoms with E-state index in [9.17, 15) is 4.79 Å². The molecule has 0 amide bonds. The lowest BCUT2D eigenvalue weighted by atomic mass is 9.98. The summed E-state index contributed by atoms with van der Waals surface area (Å²) in [4.78, 5) is 10.3. The minimum absolute atomic E-state index is 0.830. The molecule has 0 aromatic heterocycles. The Morgan fingerprint density at radius 2 is 2.00 bits per heavy atom. The molecule has 0 saturated carbocycles. The SMILES string of the molecule is C/C(=C/C=O)c1cccc(C)c1C. The highest BCUT2D eigenvalue weighted by atomic mass is 16.1. The minimum atomic E-state index is 0.830. The zero-order valence-electron chi connectivity index (χ0n) is 8.29. The van der Waals surface area contributed by atoms with Crippen LogP contribution in [-0.4, -0.2) is 6.29 Å². The van der Waals surface area contributed by atoms with E-state index in [2.05, 4.69) is 19.9 Å². The number of aryl methyl sites for hydroxylation is 1. The van der Waals surface area contributed by atoms with Crippen molar-refractivity contribution in [1.29, 1.82) is 0 Å². The third-order valence-corrected chi connectivity index (χ3v) is 2.35. The van der Waals surface area contributed by atoms with E-state index < -0.39 is 0 Å². The molecule has 13 heavy (non-hydrogen) atoms. The van der Waals surface area contributed by atoms with E-state index in [-0.39, 0.29) is 0 Å². The van der Waals surface area contributed by atoms with Crippen LogP contribution in [0.25, 0.3) is 5.57 Å². The topological polar surface area (TPSA) is 17.1 Å². The Labute approximate surface area is 79.1 Å². The highest BCUT2D eigenvalue weighted by Crippen LogP contribution is 2.20. The number of hydrogen-bond acceptors (Lipinski definition) is 1. The van der Waals surface area contributed by atoms with Gasteiger partial charge in [0.2, 0.25) is 0 Å². The van der Waals surface area contributed by atoms with E-state index in [1.807, 2.05) is 19.1 Å². The molecule has 1 aromatic rings. The van der Waals surface area contributed by atoms with Gasteiger partial charge in [0, 0.05) is 0 Å². The Kier molecular flexibility index (Phi) is 3.02. The number of rotatable bonds is 2. The molecule has 1 heteroatoms. The van der Waals surface area contributed by atoms with Gasteiger partial charge in [-0.05, 0) is 49.1 Å². The van der Waals surface area contributed by atoms with Crippen molar-refractivity contribution in [1.82, 2.24) is 0 Å². The van der Waals surface area contributed by atoms with Gasteiger partial charge < -0.3 is 0 Å². The van der Waals surface area contributed by atoms with Crippen molar-refractivity contribution in [3.8, 4) is 0 Å². The van der Waals surface area contributed by atoms with Gasteiger partial charge in [-0.1, -0.05) is 18.2 Å². The van der Waals surface area contributed by atoms with Crippen molar-refractivity contribution in [3.05, 3.63) is 41.0 Å². The van der Waals surface area contributed by atoms with Gasteiger partial charge in [-0.3, -0.25) is 4.79 Å². The van der Waals surface area contributed by atoms with Crippen LogP contribution < -0.4 is 0 Å². The Morgan fingerprint density at radius 1 is 1.31 bits per heavy atom. The number of allylic oxidation sites excluding steroid dienone is 2. The third kappa shape index (κ3) is 2.05. The standard InChI is InChI=1S/C12H14O/c1-9-5-4-6-12(11(9)3)10(2)7-8-13/h4-8H,1-3H3/b10-7-. The smallest absolute Gasteiger partial charge is 0.143 e. The van der Waals surface area contributed by atoms with Crippen molar-refractivity contribution < 1.29 is 4.79 Å². The summed E-state index contributed by atoms with van der Waals surface area (Å²) >= 11 is 0. The number of aldehydes is 1. The molecule has 1 nitrogen and oxygen atoms in total. The van der Waals surface area contributed by atoms with Gasteiger partial charge in [0.15, 0.2) is 0 Å². The average molecular weight is 174 g/mol. The normalized spacial score (nSPS) is 11.5. The summed E-state index contributed by atoms with van der Waals surface area (Å²) < 4.78 is 0. The molecular weight excluding hydrogens is 160 g/mol. The summed E-state index contributed by atoms with van der Waals surface area (Å²) in [5.74, 6) is 0. The minimum Gasteiger partial charge on any atom is -0.299 e. The number of carbonyl (C=O) groups excluding carboxylic acids is 1. The highest BCUT2D eigenvalue weighted by molar-refractivity contribution is 5.81. The van der Waals surface area contributed by atoms with Gasteiger partial charge in [0.05, 0.1) is 0 Å². The molecule has 0 heterocycles. The first kappa shape index (κ1) is 9.72. The molecular formula is C12H14O. The molecule has 0 saturated heterocycles. The van der Waals surface area contributed by atoms with E-state index in [0.717, 1.165) is 17.4 Å². The lowest BCUT2D eigenvalue weighted by Crippen LogP contribution is -1.89. The van der Waals surface area contributed by atoms with E-state index >= 15 is 0 Å². The molecule has 0 aliphatic rings. The fourth-order valence-corrected chi connectivity index (χ4v) is 1.37. The maximum Gasteiger partial charge on any atom is 0.143 e. The summed E-state index contributed by atoms with van der Waals surface area (Å²) in [6.07, 6.45) is 2.43. The monoisotopic (exact) mass is 174 g/mol. The van der Waals surface area contributed by atoms with Crippen LogP contribution in [0, 0.1) is 13.8 Å². The Balaban J connectivity index is 3.22. The molecule has 0 aliphatic carbocycles. The number of benzene rings is 1. The maximum atomic E-state index is 10.3. The first-order valence-corrected chi connectivity index (χ1v) is 4.35. The van der Waals surface area contributed by atoms with Gasteiger partial charge in [-0.25, -0.2) is 0 Å². The van der Waals surface area contributed by atoms with Crippen molar-refractivity contribution >= 4 is 11.9 Å². The molecule has 0 spiro atoms. The van der Waals surface area contributed by atoms with Crippen molar-refractivity contribution in [2.45, 2.75) is 20.8 Å². The molecule has 0 unspecified atom stereocenters. The van der Waals surface area contributed by atoms with Crippen LogP contribution in [0.4, 0.5) is 0 Å². The molecule has 1 aromatic carbocycles. The molecule has 68 valence electrons. The largest absolute Gasteiger partial charge is 0.299 e. The number of carbonyl (C=O) groups is 1. The van der Waals surface area contributed by atoms with Crippen LogP contribution in [0.2, 0.25) is 0 Å². The molecule has 0 atom stereocenters. The summed E-state index contributed by atoms with van der Waals surface area (Å²) in [6, 6.07) is 6.13. The second kappa shape index (κ2) is 4.04. The fraction of sp³-hybridized carbons (Fsp3) is 0.250. The zero-order chi connectivity index (χ0) is 9.84. The predicted molar refractivity (Wildman–Crippen MR) is 55.6 cm³/mol. The Morgan fingerprint density at radius 3 is 2.62 bits per heavy atom. The van der Waals surface area contributed by atoms with E-state index in [1.54, 1.807) is 6.08 Å². The molecule has 1 rings (SSSR count). The van der Waals surface area contributed by atoms with Gasteiger partial charge in [0.25, 0.3) is 0 Å². The molecule has 0 fully saturated rings. The summed E-state index contributed by atoms with van der Waals surface area (Å²) in [5.41, 5.74) is 4.69. The van der Waals surface area contributed by atoms with Gasteiger partial charge >= 0.3 is 0 Å².